The van der Waals surface area contributed by atoms with Gasteiger partial charge in [-0.1, -0.05) is 0 Å². The van der Waals surface area contributed by atoms with E-state index in [-0.39, 0.29) is 17.7 Å². The largest absolute Gasteiger partial charge is 0.476 e. The Hall–Kier alpha value is -2.05. The predicted octanol–water partition coefficient (Wildman–Crippen LogP) is 2.22. The summed E-state index contributed by atoms with van der Waals surface area (Å²) in [6.07, 6.45) is 1.41. The molecule has 1 atom stereocenters. The van der Waals surface area contributed by atoms with Gasteiger partial charge in [-0.15, -0.1) is 0 Å². The van der Waals surface area contributed by atoms with E-state index in [0.29, 0.717) is 13.1 Å². The Morgan fingerprint density at radius 3 is 2.76 bits per heavy atom. The Morgan fingerprint density at radius 2 is 2.19 bits per heavy atom. The molecule has 116 valence electrons. The van der Waals surface area contributed by atoms with Gasteiger partial charge in [0, 0.05) is 24.7 Å². The lowest BCUT2D eigenvalue weighted by Crippen LogP contribution is -2.42. The summed E-state index contributed by atoms with van der Waals surface area (Å²) in [5, 5.41) is 15.4. The Bertz CT molecular complexity index is 533. The molecule has 1 saturated heterocycles. The lowest BCUT2D eigenvalue weighted by Gasteiger charge is -2.33. The molecule has 0 aliphatic carbocycles. The number of aromatic carboxylic acids is 1. The molecule has 7 heteroatoms. The number of carbonyl (C=O) groups is 2. The van der Waals surface area contributed by atoms with Crippen LogP contribution in [0, 0.1) is 0 Å². The number of piperidine rings is 1. The lowest BCUT2D eigenvalue weighted by molar-refractivity contribution is 0.0197. The first kappa shape index (κ1) is 15.3. The van der Waals surface area contributed by atoms with Gasteiger partial charge in [-0.05, 0) is 39.7 Å². The maximum absolute atomic E-state index is 12.1. The maximum atomic E-state index is 12.1. The number of ether oxygens (including phenoxy) is 1. The number of hydrogen-bond donors (Lipinski definition) is 2. The molecule has 1 aliphatic heterocycles. The van der Waals surface area contributed by atoms with Crippen LogP contribution in [0.1, 0.15) is 55.7 Å². The smallest absolute Gasteiger partial charge is 0.410 e. The molecule has 21 heavy (non-hydrogen) atoms. The van der Waals surface area contributed by atoms with Gasteiger partial charge in [0.1, 0.15) is 5.60 Å². The summed E-state index contributed by atoms with van der Waals surface area (Å²) >= 11 is 0. The van der Waals surface area contributed by atoms with Crippen LogP contribution in [-0.2, 0) is 4.74 Å². The molecule has 1 fully saturated rings. The van der Waals surface area contributed by atoms with Crippen molar-refractivity contribution in [3.05, 3.63) is 17.5 Å². The zero-order valence-electron chi connectivity index (χ0n) is 12.5. The molecular formula is C14H21N3O4. The summed E-state index contributed by atoms with van der Waals surface area (Å²) in [5.74, 6) is -0.996. The number of carbonyl (C=O) groups excluding carboxylic acids is 1. The van der Waals surface area contributed by atoms with Crippen molar-refractivity contribution in [3.8, 4) is 0 Å². The highest BCUT2D eigenvalue weighted by molar-refractivity contribution is 5.85. The zero-order valence-corrected chi connectivity index (χ0v) is 12.5. The quantitative estimate of drug-likeness (QED) is 0.872. The van der Waals surface area contributed by atoms with Crippen LogP contribution >= 0.6 is 0 Å². The van der Waals surface area contributed by atoms with Gasteiger partial charge in [0.25, 0.3) is 0 Å². The van der Waals surface area contributed by atoms with Gasteiger partial charge in [-0.25, -0.2) is 9.59 Å². The maximum Gasteiger partial charge on any atom is 0.410 e. The lowest BCUT2D eigenvalue weighted by atomic mass is 9.95. The van der Waals surface area contributed by atoms with Crippen molar-refractivity contribution in [1.82, 2.24) is 15.1 Å². The van der Waals surface area contributed by atoms with E-state index in [2.05, 4.69) is 10.2 Å². The number of hydrogen-bond acceptors (Lipinski definition) is 4. The highest BCUT2D eigenvalue weighted by Crippen LogP contribution is 2.27. The molecule has 0 bridgehead atoms. The van der Waals surface area contributed by atoms with E-state index in [0.717, 1.165) is 18.5 Å². The van der Waals surface area contributed by atoms with Gasteiger partial charge in [0.2, 0.25) is 0 Å². The van der Waals surface area contributed by atoms with Crippen LogP contribution in [0.3, 0.4) is 0 Å². The van der Waals surface area contributed by atoms with Gasteiger partial charge in [0.15, 0.2) is 5.69 Å². The monoisotopic (exact) mass is 295 g/mol. The molecule has 1 amide bonds. The third-order valence-corrected chi connectivity index (χ3v) is 3.33. The van der Waals surface area contributed by atoms with E-state index < -0.39 is 11.6 Å². The first-order chi connectivity index (χ1) is 9.76. The van der Waals surface area contributed by atoms with E-state index in [1.807, 2.05) is 20.8 Å². The fraction of sp³-hybridized carbons (Fsp3) is 0.643. The Labute approximate surface area is 123 Å². The van der Waals surface area contributed by atoms with E-state index in [9.17, 15) is 9.59 Å². The van der Waals surface area contributed by atoms with Crippen molar-refractivity contribution in [3.63, 3.8) is 0 Å². The molecule has 1 aliphatic rings. The van der Waals surface area contributed by atoms with Crippen molar-refractivity contribution in [1.29, 1.82) is 0 Å². The van der Waals surface area contributed by atoms with E-state index in [1.54, 1.807) is 4.90 Å². The summed E-state index contributed by atoms with van der Waals surface area (Å²) in [5.41, 5.74) is 0.231. The summed E-state index contributed by atoms with van der Waals surface area (Å²) < 4.78 is 5.37. The first-order valence-corrected chi connectivity index (χ1v) is 7.03. The molecule has 1 unspecified atom stereocenters. The number of likely N-dealkylation sites (tertiary alicyclic amines) is 1. The number of H-pyrrole nitrogens is 1. The van der Waals surface area contributed by atoms with Crippen LogP contribution in [0.5, 0.6) is 0 Å². The van der Waals surface area contributed by atoms with Gasteiger partial charge in [-0.3, -0.25) is 5.10 Å². The van der Waals surface area contributed by atoms with Crippen LogP contribution < -0.4 is 0 Å². The first-order valence-electron chi connectivity index (χ1n) is 7.03. The summed E-state index contributed by atoms with van der Waals surface area (Å²) in [4.78, 5) is 24.6. The summed E-state index contributed by atoms with van der Waals surface area (Å²) in [7, 11) is 0. The van der Waals surface area contributed by atoms with Crippen LogP contribution in [0.2, 0.25) is 0 Å². The molecule has 1 aromatic heterocycles. The highest BCUT2D eigenvalue weighted by Gasteiger charge is 2.29. The van der Waals surface area contributed by atoms with Crippen LogP contribution in [-0.4, -0.2) is 51.0 Å². The molecular weight excluding hydrogens is 274 g/mol. The number of aromatic amines is 1. The molecule has 1 aromatic rings. The number of carboxylic acid groups (broad SMARTS) is 1. The second-order valence-corrected chi connectivity index (χ2v) is 6.28. The van der Waals surface area contributed by atoms with Crippen LogP contribution in [0.4, 0.5) is 4.79 Å². The van der Waals surface area contributed by atoms with Crippen molar-refractivity contribution in [2.75, 3.05) is 13.1 Å². The van der Waals surface area contributed by atoms with E-state index in [1.165, 1.54) is 6.07 Å². The second-order valence-electron chi connectivity index (χ2n) is 6.28. The van der Waals surface area contributed by atoms with Crippen LogP contribution in [0.15, 0.2) is 6.07 Å². The topological polar surface area (TPSA) is 95.5 Å². The van der Waals surface area contributed by atoms with Crippen LogP contribution in [0.25, 0.3) is 0 Å². The van der Waals surface area contributed by atoms with Crippen molar-refractivity contribution in [2.45, 2.75) is 45.1 Å². The van der Waals surface area contributed by atoms with Crippen molar-refractivity contribution in [2.24, 2.45) is 0 Å². The SMILES string of the molecule is CC(C)(C)OC(=O)N1CCCC(c2cc(C(=O)O)n[nH]2)C1. The number of carboxylic acids is 1. The number of nitrogens with one attached hydrogen (secondary N) is 1. The third kappa shape index (κ3) is 3.96. The van der Waals surface area contributed by atoms with Gasteiger partial charge < -0.3 is 14.7 Å². The number of rotatable bonds is 2. The van der Waals surface area contributed by atoms with Crippen molar-refractivity contribution >= 4 is 12.1 Å². The second kappa shape index (κ2) is 5.75. The Kier molecular flexibility index (Phi) is 4.20. The predicted molar refractivity (Wildman–Crippen MR) is 75.3 cm³/mol. The number of aromatic nitrogens is 2. The Morgan fingerprint density at radius 1 is 1.48 bits per heavy atom. The van der Waals surface area contributed by atoms with Gasteiger partial charge >= 0.3 is 12.1 Å². The molecule has 0 spiro atoms. The molecule has 2 rings (SSSR count). The fourth-order valence-corrected chi connectivity index (χ4v) is 2.38. The molecule has 0 saturated carbocycles. The molecule has 2 heterocycles. The van der Waals surface area contributed by atoms with Gasteiger partial charge in [0.05, 0.1) is 0 Å². The summed E-state index contributed by atoms with van der Waals surface area (Å²) in [6.45, 7) is 6.67. The third-order valence-electron chi connectivity index (χ3n) is 3.33. The van der Waals surface area contributed by atoms with Crippen molar-refractivity contribution < 1.29 is 19.4 Å². The minimum absolute atomic E-state index is 0.000563. The molecule has 0 radical (unpaired) electrons. The highest BCUT2D eigenvalue weighted by atomic mass is 16.6. The van der Waals surface area contributed by atoms with Gasteiger partial charge in [-0.2, -0.15) is 5.10 Å². The minimum atomic E-state index is -1.06. The minimum Gasteiger partial charge on any atom is -0.476 e. The summed E-state index contributed by atoms with van der Waals surface area (Å²) in [6, 6.07) is 1.53. The van der Waals surface area contributed by atoms with E-state index >= 15 is 0 Å². The fourth-order valence-electron chi connectivity index (χ4n) is 2.38. The zero-order chi connectivity index (χ0) is 15.6. The average molecular weight is 295 g/mol. The standard InChI is InChI=1S/C14H21N3O4/c1-14(2,3)21-13(20)17-6-4-5-9(8-17)10-7-11(12(18)19)16-15-10/h7,9H,4-6,8H2,1-3H3,(H,15,16)(H,18,19). The Balaban J connectivity index is 2.03. The normalized spacial score (nSPS) is 19.4. The molecule has 2 N–H and O–H groups in total. The molecule has 0 aromatic carbocycles. The molecule has 7 nitrogen and oxygen atoms in total. The average Bonchev–Trinajstić information content (AvgIpc) is 2.86. The number of amides is 1. The van der Waals surface area contributed by atoms with E-state index in [4.69, 9.17) is 9.84 Å². The number of nitrogens with zero attached hydrogens (tertiary/aromatic N) is 2.